The molecule has 0 heteroatoms. The van der Waals surface area contributed by atoms with E-state index < -0.39 is 0 Å². The molecule has 0 radical (unpaired) electrons. The largest absolute Gasteiger partial charge is 0.0798 e. The van der Waals surface area contributed by atoms with E-state index in [1.54, 1.807) is 11.1 Å². The molecule has 0 aromatic rings. The van der Waals surface area contributed by atoms with Gasteiger partial charge in [0.2, 0.25) is 0 Å². The molecule has 5 aliphatic rings. The van der Waals surface area contributed by atoms with Gasteiger partial charge in [0.05, 0.1) is 0 Å². The SMILES string of the molecule is C1=CC2=CC=CC3C2C(=C1)C1=CC=CC2=CC=CC3C21. The molecule has 1 saturated carbocycles. The van der Waals surface area contributed by atoms with E-state index in [4.69, 9.17) is 0 Å². The second-order valence-electron chi connectivity index (χ2n) is 6.18. The van der Waals surface area contributed by atoms with Crippen LogP contribution in [0.5, 0.6) is 0 Å². The fraction of sp³-hybridized carbons (Fsp3) is 0.200. The van der Waals surface area contributed by atoms with E-state index in [1.807, 2.05) is 0 Å². The maximum Gasteiger partial charge on any atom is 0.0161 e. The van der Waals surface area contributed by atoms with E-state index in [0.29, 0.717) is 23.7 Å². The molecule has 5 rings (SSSR count). The van der Waals surface area contributed by atoms with Crippen molar-refractivity contribution in [3.8, 4) is 0 Å². The molecule has 0 heterocycles. The summed E-state index contributed by atoms with van der Waals surface area (Å²) in [6.45, 7) is 0. The Morgan fingerprint density at radius 3 is 1.55 bits per heavy atom. The highest BCUT2D eigenvalue weighted by atomic mass is 14.5. The van der Waals surface area contributed by atoms with Gasteiger partial charge in [-0.05, 0) is 34.1 Å². The minimum Gasteiger partial charge on any atom is -0.0798 e. The Kier molecular flexibility index (Phi) is 1.99. The van der Waals surface area contributed by atoms with Crippen molar-refractivity contribution in [3.05, 3.63) is 95.2 Å². The highest BCUT2D eigenvalue weighted by Crippen LogP contribution is 2.55. The first-order chi connectivity index (χ1) is 9.93. The lowest BCUT2D eigenvalue weighted by molar-refractivity contribution is 0.304. The summed E-state index contributed by atoms with van der Waals surface area (Å²) in [7, 11) is 0. The van der Waals surface area contributed by atoms with Gasteiger partial charge in [0, 0.05) is 11.8 Å². The number of allylic oxidation sites excluding steroid dienone is 16. The van der Waals surface area contributed by atoms with Crippen molar-refractivity contribution in [2.45, 2.75) is 0 Å². The summed E-state index contributed by atoms with van der Waals surface area (Å²) in [5, 5.41) is 0. The van der Waals surface area contributed by atoms with Crippen LogP contribution in [-0.4, -0.2) is 0 Å². The molecule has 0 aromatic carbocycles. The van der Waals surface area contributed by atoms with Crippen molar-refractivity contribution in [1.82, 2.24) is 0 Å². The van der Waals surface area contributed by atoms with E-state index >= 15 is 0 Å². The molecule has 0 saturated heterocycles. The number of rotatable bonds is 0. The summed E-state index contributed by atoms with van der Waals surface area (Å²) in [6, 6.07) is 0. The first-order valence-electron chi connectivity index (χ1n) is 7.47. The van der Waals surface area contributed by atoms with Crippen molar-refractivity contribution in [2.75, 3.05) is 0 Å². The lowest BCUT2D eigenvalue weighted by Gasteiger charge is -2.48. The Balaban J connectivity index is 1.77. The second-order valence-corrected chi connectivity index (χ2v) is 6.18. The van der Waals surface area contributed by atoms with Crippen LogP contribution >= 0.6 is 0 Å². The molecular formula is C20H16. The molecular weight excluding hydrogens is 240 g/mol. The van der Waals surface area contributed by atoms with Crippen LogP contribution < -0.4 is 0 Å². The van der Waals surface area contributed by atoms with Gasteiger partial charge in [-0.3, -0.25) is 0 Å². The minimum atomic E-state index is 0.563. The van der Waals surface area contributed by atoms with Crippen molar-refractivity contribution in [3.63, 3.8) is 0 Å². The van der Waals surface area contributed by atoms with Gasteiger partial charge in [-0.2, -0.15) is 0 Å². The molecule has 5 aliphatic carbocycles. The normalized spacial score (nSPS) is 38.4. The molecule has 96 valence electrons. The highest BCUT2D eigenvalue weighted by molar-refractivity contribution is 5.60. The Morgan fingerprint density at radius 1 is 0.550 bits per heavy atom. The molecule has 0 nitrogen and oxygen atoms in total. The average molecular weight is 256 g/mol. The Labute approximate surface area is 119 Å². The van der Waals surface area contributed by atoms with E-state index in [2.05, 4.69) is 72.9 Å². The number of hydrogen-bond donors (Lipinski definition) is 0. The van der Waals surface area contributed by atoms with Crippen molar-refractivity contribution >= 4 is 0 Å². The molecule has 0 spiro atoms. The summed E-state index contributed by atoms with van der Waals surface area (Å²) in [6.07, 6.45) is 27.6. The predicted molar refractivity (Wildman–Crippen MR) is 82.9 cm³/mol. The molecule has 0 amide bonds. The zero-order chi connectivity index (χ0) is 13.1. The molecule has 0 aliphatic heterocycles. The van der Waals surface area contributed by atoms with Gasteiger partial charge >= 0.3 is 0 Å². The molecule has 0 aromatic heterocycles. The van der Waals surface area contributed by atoms with Gasteiger partial charge in [0.15, 0.2) is 0 Å². The predicted octanol–water partition coefficient (Wildman–Crippen LogP) is 4.45. The molecule has 20 heavy (non-hydrogen) atoms. The minimum absolute atomic E-state index is 0.563. The van der Waals surface area contributed by atoms with Crippen LogP contribution in [0.3, 0.4) is 0 Å². The van der Waals surface area contributed by atoms with Crippen molar-refractivity contribution in [2.24, 2.45) is 23.7 Å². The monoisotopic (exact) mass is 256 g/mol. The maximum absolute atomic E-state index is 2.42. The average Bonchev–Trinajstić information content (AvgIpc) is 2.52. The standard InChI is InChI=1S/C20H16/c1-5-13-6-2-11-17-18-12-4-8-14-7-3-10-16(20(14)18)15(9-1)19(13)17/h1-12,15-16,19-20H. The van der Waals surface area contributed by atoms with Gasteiger partial charge in [0.25, 0.3) is 0 Å². The van der Waals surface area contributed by atoms with Crippen LogP contribution in [0.15, 0.2) is 95.2 Å². The summed E-state index contributed by atoms with van der Waals surface area (Å²) in [4.78, 5) is 0. The van der Waals surface area contributed by atoms with Crippen LogP contribution in [0, 0.1) is 23.7 Å². The van der Waals surface area contributed by atoms with Gasteiger partial charge in [-0.1, -0.05) is 72.9 Å². The van der Waals surface area contributed by atoms with E-state index in [9.17, 15) is 0 Å². The van der Waals surface area contributed by atoms with E-state index in [0.717, 1.165) is 0 Å². The molecule has 1 fully saturated rings. The molecule has 0 bridgehead atoms. The van der Waals surface area contributed by atoms with Crippen LogP contribution in [0.2, 0.25) is 0 Å². The third kappa shape index (κ3) is 1.22. The number of hydrogen-bond acceptors (Lipinski definition) is 0. The Morgan fingerprint density at radius 2 is 1.05 bits per heavy atom. The van der Waals surface area contributed by atoms with Crippen molar-refractivity contribution in [1.29, 1.82) is 0 Å². The summed E-state index contributed by atoms with van der Waals surface area (Å²) < 4.78 is 0. The number of fused-ring (bicyclic) bond motifs is 2. The van der Waals surface area contributed by atoms with E-state index in [1.165, 1.54) is 11.1 Å². The van der Waals surface area contributed by atoms with Crippen LogP contribution in [0.4, 0.5) is 0 Å². The van der Waals surface area contributed by atoms with E-state index in [-0.39, 0.29) is 0 Å². The molecule has 4 unspecified atom stereocenters. The fourth-order valence-corrected chi connectivity index (χ4v) is 4.54. The first-order valence-corrected chi connectivity index (χ1v) is 7.47. The first kappa shape index (κ1) is 10.7. The third-order valence-electron chi connectivity index (χ3n) is 5.31. The summed E-state index contributed by atoms with van der Waals surface area (Å²) in [5.74, 6) is 2.35. The second kappa shape index (κ2) is 3.73. The fourth-order valence-electron chi connectivity index (χ4n) is 4.54. The van der Waals surface area contributed by atoms with Gasteiger partial charge < -0.3 is 0 Å². The molecule has 4 atom stereocenters. The third-order valence-corrected chi connectivity index (χ3v) is 5.31. The Hall–Kier alpha value is -2.08. The van der Waals surface area contributed by atoms with Crippen LogP contribution in [-0.2, 0) is 0 Å². The lowest BCUT2D eigenvalue weighted by Crippen LogP contribution is -2.40. The topological polar surface area (TPSA) is 0 Å². The highest BCUT2D eigenvalue weighted by Gasteiger charge is 2.46. The lowest BCUT2D eigenvalue weighted by atomic mass is 9.55. The van der Waals surface area contributed by atoms with Gasteiger partial charge in [0.1, 0.15) is 0 Å². The maximum atomic E-state index is 2.42. The smallest absolute Gasteiger partial charge is 0.0161 e. The zero-order valence-electron chi connectivity index (χ0n) is 11.2. The quantitative estimate of drug-likeness (QED) is 0.600. The van der Waals surface area contributed by atoms with Gasteiger partial charge in [-0.25, -0.2) is 0 Å². The van der Waals surface area contributed by atoms with Crippen LogP contribution in [0.1, 0.15) is 0 Å². The van der Waals surface area contributed by atoms with Crippen LogP contribution in [0.25, 0.3) is 0 Å². The van der Waals surface area contributed by atoms with Crippen molar-refractivity contribution < 1.29 is 0 Å². The summed E-state index contributed by atoms with van der Waals surface area (Å²) in [5.41, 5.74) is 6.04. The Bertz CT molecular complexity index is 664. The summed E-state index contributed by atoms with van der Waals surface area (Å²) >= 11 is 0. The molecule has 0 N–H and O–H groups in total. The zero-order valence-corrected chi connectivity index (χ0v) is 11.2. The van der Waals surface area contributed by atoms with Gasteiger partial charge in [-0.15, -0.1) is 0 Å².